The lowest BCUT2D eigenvalue weighted by atomic mass is 9.85. The number of carbonyl (C=O) groups excluding carboxylic acids is 1. The van der Waals surface area contributed by atoms with E-state index in [1.165, 1.54) is 18.2 Å². The van der Waals surface area contributed by atoms with E-state index in [1.807, 2.05) is 0 Å². The number of ether oxygens (including phenoxy) is 1. The van der Waals surface area contributed by atoms with Gasteiger partial charge in [-0.1, -0.05) is 48.7 Å². The van der Waals surface area contributed by atoms with Crippen molar-refractivity contribution < 1.29 is 9.53 Å². The van der Waals surface area contributed by atoms with E-state index < -0.39 is 5.97 Å². The summed E-state index contributed by atoms with van der Waals surface area (Å²) in [7, 11) is 1.33. The molecule has 0 amide bonds. The number of halogens is 1. The van der Waals surface area contributed by atoms with Crippen LogP contribution in [0.5, 0.6) is 0 Å². The van der Waals surface area contributed by atoms with Crippen molar-refractivity contribution in [2.24, 2.45) is 0 Å². The number of thiocarbonyl (C=S) groups is 1. The molecule has 0 radical (unpaired) electrons. The van der Waals surface area contributed by atoms with Crippen LogP contribution in [0.4, 0.5) is 5.69 Å². The lowest BCUT2D eigenvalue weighted by Crippen LogP contribution is -2.46. The summed E-state index contributed by atoms with van der Waals surface area (Å²) in [4.78, 5) is 11.8. The first-order chi connectivity index (χ1) is 12.9. The third-order valence-corrected chi connectivity index (χ3v) is 5.63. The molecule has 0 bridgehead atoms. The van der Waals surface area contributed by atoms with E-state index in [1.54, 1.807) is 18.2 Å². The molecule has 6 heteroatoms. The largest absolute Gasteiger partial charge is 0.465 e. The molecular weight excluding hydrogens is 380 g/mol. The van der Waals surface area contributed by atoms with E-state index in [4.69, 9.17) is 28.6 Å². The van der Waals surface area contributed by atoms with E-state index in [0.717, 1.165) is 25.7 Å². The Bertz CT molecular complexity index is 863. The molecular formula is C21H23ClN2O2S. The highest BCUT2D eigenvalue weighted by molar-refractivity contribution is 7.80. The second kappa shape index (κ2) is 8.28. The minimum absolute atomic E-state index is 0.160. The zero-order valence-corrected chi connectivity index (χ0v) is 17.0. The van der Waals surface area contributed by atoms with Crippen LogP contribution in [0.3, 0.4) is 0 Å². The molecule has 3 rings (SSSR count). The molecule has 0 aliphatic heterocycles. The Balaban J connectivity index is 1.80. The van der Waals surface area contributed by atoms with Crippen LogP contribution in [0.25, 0.3) is 0 Å². The molecule has 2 aromatic rings. The number of carbonyl (C=O) groups is 1. The van der Waals surface area contributed by atoms with Crippen molar-refractivity contribution >= 4 is 40.6 Å². The second-order valence-electron chi connectivity index (χ2n) is 6.87. The highest BCUT2D eigenvalue weighted by Gasteiger charge is 2.37. The van der Waals surface area contributed by atoms with Gasteiger partial charge in [-0.05, 0) is 61.3 Å². The topological polar surface area (TPSA) is 50.4 Å². The van der Waals surface area contributed by atoms with Crippen LogP contribution in [-0.2, 0) is 10.3 Å². The number of aryl methyl sites for hydroxylation is 1. The molecule has 0 aromatic heterocycles. The van der Waals surface area contributed by atoms with E-state index in [2.05, 4.69) is 41.8 Å². The van der Waals surface area contributed by atoms with Gasteiger partial charge in [0.25, 0.3) is 0 Å². The third-order valence-electron chi connectivity index (χ3n) is 5.10. The average molecular weight is 403 g/mol. The fourth-order valence-corrected chi connectivity index (χ4v) is 4.31. The van der Waals surface area contributed by atoms with Crippen molar-refractivity contribution in [3.63, 3.8) is 0 Å². The Morgan fingerprint density at radius 2 is 1.89 bits per heavy atom. The van der Waals surface area contributed by atoms with Gasteiger partial charge in [0.2, 0.25) is 0 Å². The Labute approximate surface area is 170 Å². The molecule has 142 valence electrons. The number of rotatable bonds is 4. The Morgan fingerprint density at radius 1 is 1.19 bits per heavy atom. The van der Waals surface area contributed by atoms with Crippen LogP contribution >= 0.6 is 23.8 Å². The fraction of sp³-hybridized carbons (Fsp3) is 0.333. The zero-order chi connectivity index (χ0) is 19.4. The molecule has 1 aliphatic carbocycles. The maximum atomic E-state index is 11.8. The Morgan fingerprint density at radius 3 is 2.56 bits per heavy atom. The number of nitrogens with one attached hydrogen (secondary N) is 2. The monoisotopic (exact) mass is 402 g/mol. The van der Waals surface area contributed by atoms with Gasteiger partial charge in [-0.25, -0.2) is 4.79 Å². The molecule has 0 spiro atoms. The normalized spacial score (nSPS) is 15.2. The van der Waals surface area contributed by atoms with Gasteiger partial charge in [-0.2, -0.15) is 0 Å². The van der Waals surface area contributed by atoms with Gasteiger partial charge in [0.1, 0.15) is 0 Å². The Kier molecular flexibility index (Phi) is 6.02. The van der Waals surface area contributed by atoms with E-state index in [0.29, 0.717) is 21.4 Å². The summed E-state index contributed by atoms with van der Waals surface area (Å²) in [6, 6.07) is 13.5. The molecule has 27 heavy (non-hydrogen) atoms. The molecule has 2 aromatic carbocycles. The van der Waals surface area contributed by atoms with Crippen LogP contribution in [0.1, 0.15) is 47.2 Å². The lowest BCUT2D eigenvalue weighted by Gasteiger charge is -2.34. The molecule has 2 N–H and O–H groups in total. The second-order valence-corrected chi connectivity index (χ2v) is 7.68. The first-order valence-corrected chi connectivity index (χ1v) is 9.77. The molecule has 0 heterocycles. The first kappa shape index (κ1) is 19.6. The maximum absolute atomic E-state index is 11.8. The number of hydrogen-bond acceptors (Lipinski definition) is 3. The number of hydrogen-bond donors (Lipinski definition) is 2. The molecule has 1 fully saturated rings. The number of esters is 1. The predicted molar refractivity (Wildman–Crippen MR) is 113 cm³/mol. The minimum atomic E-state index is -0.477. The predicted octanol–water partition coefficient (Wildman–Crippen LogP) is 5.19. The van der Waals surface area contributed by atoms with Gasteiger partial charge in [-0.15, -0.1) is 0 Å². The highest BCUT2D eigenvalue weighted by atomic mass is 35.5. The fourth-order valence-electron chi connectivity index (χ4n) is 3.80. The third kappa shape index (κ3) is 4.25. The first-order valence-electron chi connectivity index (χ1n) is 8.98. The van der Waals surface area contributed by atoms with Crippen LogP contribution in [0, 0.1) is 6.92 Å². The molecule has 1 saturated carbocycles. The lowest BCUT2D eigenvalue weighted by molar-refractivity contribution is 0.0601. The van der Waals surface area contributed by atoms with Crippen LogP contribution in [-0.4, -0.2) is 18.2 Å². The highest BCUT2D eigenvalue weighted by Crippen LogP contribution is 2.40. The number of anilines is 1. The summed E-state index contributed by atoms with van der Waals surface area (Å²) < 4.78 is 4.77. The van der Waals surface area contributed by atoms with E-state index in [9.17, 15) is 4.79 Å². The summed E-state index contributed by atoms with van der Waals surface area (Å²) in [5, 5.41) is 7.60. The van der Waals surface area contributed by atoms with E-state index in [-0.39, 0.29) is 5.54 Å². The van der Waals surface area contributed by atoms with Gasteiger partial charge in [0.15, 0.2) is 5.11 Å². The van der Waals surface area contributed by atoms with Crippen LogP contribution in [0.15, 0.2) is 42.5 Å². The van der Waals surface area contributed by atoms with Crippen molar-refractivity contribution in [3.05, 3.63) is 64.2 Å². The smallest absolute Gasteiger partial charge is 0.339 e. The molecule has 0 saturated heterocycles. The van der Waals surface area contributed by atoms with Crippen molar-refractivity contribution in [2.75, 3.05) is 12.4 Å². The van der Waals surface area contributed by atoms with Crippen molar-refractivity contribution in [3.8, 4) is 0 Å². The summed E-state index contributed by atoms with van der Waals surface area (Å²) in [5.41, 5.74) is 3.39. The molecule has 0 atom stereocenters. The van der Waals surface area contributed by atoms with Crippen LogP contribution in [0.2, 0.25) is 5.02 Å². The van der Waals surface area contributed by atoms with Gasteiger partial charge in [0, 0.05) is 5.69 Å². The van der Waals surface area contributed by atoms with E-state index >= 15 is 0 Å². The standard InChI is InChI=1S/C21H23ClN2O2S/c1-14-7-3-4-8-17(14)21(11-5-6-12-21)24-20(27)23-15-9-10-18(22)16(13-15)19(25)26-2/h3-4,7-10,13H,5-6,11-12H2,1-2H3,(H2,23,24,27). The van der Waals surface area contributed by atoms with Gasteiger partial charge in [-0.3, -0.25) is 0 Å². The van der Waals surface area contributed by atoms with Crippen molar-refractivity contribution in [1.82, 2.24) is 5.32 Å². The Hall–Kier alpha value is -2.11. The molecule has 4 nitrogen and oxygen atoms in total. The zero-order valence-electron chi connectivity index (χ0n) is 15.5. The number of methoxy groups -OCH3 is 1. The SMILES string of the molecule is COC(=O)c1cc(NC(=S)NC2(c3ccccc3C)CCCC2)ccc1Cl. The average Bonchev–Trinajstić information content (AvgIpc) is 3.12. The van der Waals surface area contributed by atoms with Gasteiger partial charge < -0.3 is 15.4 Å². The summed E-state index contributed by atoms with van der Waals surface area (Å²) in [5.74, 6) is -0.477. The number of benzene rings is 2. The van der Waals surface area contributed by atoms with Gasteiger partial charge >= 0.3 is 5.97 Å². The van der Waals surface area contributed by atoms with Crippen molar-refractivity contribution in [1.29, 1.82) is 0 Å². The van der Waals surface area contributed by atoms with Crippen LogP contribution < -0.4 is 10.6 Å². The summed E-state index contributed by atoms with van der Waals surface area (Å²) in [6.45, 7) is 2.13. The molecule has 0 unspecified atom stereocenters. The quantitative estimate of drug-likeness (QED) is 0.544. The summed E-state index contributed by atoms with van der Waals surface area (Å²) in [6.07, 6.45) is 4.40. The van der Waals surface area contributed by atoms with Crippen molar-refractivity contribution in [2.45, 2.75) is 38.1 Å². The maximum Gasteiger partial charge on any atom is 0.339 e. The van der Waals surface area contributed by atoms with Gasteiger partial charge in [0.05, 0.1) is 23.2 Å². The molecule has 1 aliphatic rings. The minimum Gasteiger partial charge on any atom is -0.465 e. The summed E-state index contributed by atoms with van der Waals surface area (Å²) >= 11 is 11.7.